The molecule has 50 heavy (non-hydrogen) atoms. The van der Waals surface area contributed by atoms with Crippen LogP contribution in [-0.4, -0.2) is 9.55 Å². The largest absolute Gasteiger partial charge is 0.455 e. The molecule has 3 heteroatoms. The molecule has 3 nitrogen and oxygen atoms in total. The quantitative estimate of drug-likeness (QED) is 0.168. The van der Waals surface area contributed by atoms with Crippen molar-refractivity contribution >= 4 is 43.5 Å². The molecule has 2 heterocycles. The first-order valence-corrected chi connectivity index (χ1v) is 17.6. The number of imidazole rings is 1. The van der Waals surface area contributed by atoms with Crippen LogP contribution < -0.4 is 0 Å². The summed E-state index contributed by atoms with van der Waals surface area (Å²) in [5.74, 6) is 1.49. The molecule has 242 valence electrons. The highest BCUT2D eigenvalue weighted by Gasteiger charge is 2.24. The number of furan rings is 1. The Kier molecular flexibility index (Phi) is 7.17. The summed E-state index contributed by atoms with van der Waals surface area (Å²) >= 11 is 0. The lowest BCUT2D eigenvalue weighted by Crippen LogP contribution is -2.08. The summed E-state index contributed by atoms with van der Waals surface area (Å²) in [7, 11) is 0. The molecule has 0 N–H and O–H groups in total. The van der Waals surface area contributed by atoms with Crippen LogP contribution in [-0.2, 0) is 0 Å². The Balaban J connectivity index is 1.32. The number of aromatic nitrogens is 2. The van der Waals surface area contributed by atoms with Crippen molar-refractivity contribution in [1.29, 1.82) is 0 Å². The highest BCUT2D eigenvalue weighted by atomic mass is 16.3. The van der Waals surface area contributed by atoms with E-state index in [-0.39, 0.29) is 0 Å². The Bertz CT molecular complexity index is 2670. The van der Waals surface area contributed by atoms with Gasteiger partial charge in [-0.1, -0.05) is 137 Å². The van der Waals surface area contributed by atoms with E-state index < -0.39 is 0 Å². The second kappa shape index (κ2) is 11.9. The molecular formula is C47H38N2O. The lowest BCUT2D eigenvalue weighted by Gasteiger charge is -2.23. The van der Waals surface area contributed by atoms with Gasteiger partial charge in [-0.15, -0.1) is 0 Å². The van der Waals surface area contributed by atoms with Crippen LogP contribution in [0.15, 0.2) is 150 Å². The van der Waals surface area contributed by atoms with Crippen molar-refractivity contribution in [3.63, 3.8) is 0 Å². The van der Waals surface area contributed by atoms with E-state index in [9.17, 15) is 0 Å². The van der Waals surface area contributed by atoms with Crippen LogP contribution >= 0.6 is 0 Å². The van der Waals surface area contributed by atoms with Gasteiger partial charge in [0.1, 0.15) is 17.0 Å². The van der Waals surface area contributed by atoms with Gasteiger partial charge in [0.15, 0.2) is 0 Å². The average molecular weight is 647 g/mol. The summed E-state index contributed by atoms with van der Waals surface area (Å²) in [4.78, 5) is 5.04. The van der Waals surface area contributed by atoms with Gasteiger partial charge in [0.05, 0.1) is 11.3 Å². The number of para-hydroxylation sites is 1. The highest BCUT2D eigenvalue weighted by Crippen LogP contribution is 2.45. The molecule has 7 aromatic carbocycles. The van der Waals surface area contributed by atoms with Gasteiger partial charge in [0.25, 0.3) is 0 Å². The van der Waals surface area contributed by atoms with E-state index in [4.69, 9.17) is 9.40 Å². The molecule has 9 rings (SSSR count). The molecule has 0 amide bonds. The fourth-order valence-electron chi connectivity index (χ4n) is 7.83. The number of fused-ring (bicyclic) bond motifs is 7. The summed E-state index contributed by atoms with van der Waals surface area (Å²) in [6.07, 6.45) is 4.03. The minimum atomic E-state index is 0.306. The van der Waals surface area contributed by atoms with Crippen molar-refractivity contribution in [3.05, 3.63) is 157 Å². The van der Waals surface area contributed by atoms with E-state index in [1.165, 1.54) is 60.6 Å². The topological polar surface area (TPSA) is 31.0 Å². The molecule has 0 saturated heterocycles. The third kappa shape index (κ3) is 4.76. The van der Waals surface area contributed by atoms with Gasteiger partial charge in [-0.05, 0) is 91.0 Å². The van der Waals surface area contributed by atoms with Crippen molar-refractivity contribution in [1.82, 2.24) is 9.55 Å². The van der Waals surface area contributed by atoms with Crippen LogP contribution in [0.4, 0.5) is 0 Å². The zero-order chi connectivity index (χ0) is 33.9. The Labute approximate surface area is 292 Å². The molecule has 0 aliphatic carbocycles. The van der Waals surface area contributed by atoms with Crippen LogP contribution in [0.5, 0.6) is 0 Å². The van der Waals surface area contributed by atoms with Gasteiger partial charge in [0.2, 0.25) is 0 Å². The van der Waals surface area contributed by atoms with E-state index in [1.807, 2.05) is 6.20 Å². The third-order valence-electron chi connectivity index (χ3n) is 10.2. The lowest BCUT2D eigenvalue weighted by molar-refractivity contribution is 0.669. The summed E-state index contributed by atoms with van der Waals surface area (Å²) in [5, 5.41) is 7.15. The van der Waals surface area contributed by atoms with Crippen LogP contribution in [0.2, 0.25) is 0 Å². The van der Waals surface area contributed by atoms with Gasteiger partial charge in [-0.3, -0.25) is 4.57 Å². The molecule has 0 aliphatic rings. The molecule has 0 aliphatic heterocycles. The van der Waals surface area contributed by atoms with E-state index in [0.717, 1.165) is 33.3 Å². The second-order valence-electron chi connectivity index (χ2n) is 14.0. The van der Waals surface area contributed by atoms with E-state index in [2.05, 4.69) is 172 Å². The predicted molar refractivity (Wildman–Crippen MR) is 210 cm³/mol. The number of rotatable bonds is 6. The van der Waals surface area contributed by atoms with Crippen LogP contribution in [0.25, 0.3) is 82.8 Å². The zero-order valence-corrected chi connectivity index (χ0v) is 28.8. The highest BCUT2D eigenvalue weighted by molar-refractivity contribution is 6.28. The van der Waals surface area contributed by atoms with Gasteiger partial charge in [-0.25, -0.2) is 4.98 Å². The summed E-state index contributed by atoms with van der Waals surface area (Å²) < 4.78 is 9.25. The molecule has 0 spiro atoms. The molecule has 0 bridgehead atoms. The smallest absolute Gasteiger partial charge is 0.148 e. The number of nitrogens with zero attached hydrogens (tertiary/aromatic N) is 2. The fourth-order valence-corrected chi connectivity index (χ4v) is 7.83. The number of hydrogen-bond acceptors (Lipinski definition) is 2. The number of hydrogen-bond donors (Lipinski definition) is 0. The molecule has 0 atom stereocenters. The van der Waals surface area contributed by atoms with Crippen LogP contribution in [0.3, 0.4) is 0 Å². The SMILES string of the molecule is CC(C)c1cc(-c2ccccc2)cc(C(C)C)c1-n1ccnc1-c1cccc2c1oc1cc(-c3ccccc3)c3c4ccccc4ccc3c12. The molecule has 2 aromatic heterocycles. The third-order valence-corrected chi connectivity index (χ3v) is 10.2. The van der Waals surface area contributed by atoms with Crippen LogP contribution in [0.1, 0.15) is 50.7 Å². The maximum Gasteiger partial charge on any atom is 0.148 e. The van der Waals surface area contributed by atoms with Gasteiger partial charge >= 0.3 is 0 Å². The van der Waals surface area contributed by atoms with Crippen molar-refractivity contribution in [2.75, 3.05) is 0 Å². The molecule has 0 unspecified atom stereocenters. The standard InChI is InChI=1S/C47H38N2O/c1-29(2)39-26-34(31-14-7-5-8-15-31)27-40(30(3)4)45(39)49-25-24-48-47(49)38-21-13-20-37-44-36-23-22-33-18-11-12-19-35(33)43(36)41(28-42(44)50-46(37)38)32-16-9-6-10-17-32/h5-30H,1-4H3. The first-order chi connectivity index (χ1) is 24.5. The lowest BCUT2D eigenvalue weighted by atomic mass is 9.88. The monoisotopic (exact) mass is 646 g/mol. The minimum absolute atomic E-state index is 0.306. The normalized spacial score (nSPS) is 12.0. The zero-order valence-electron chi connectivity index (χ0n) is 28.8. The summed E-state index contributed by atoms with van der Waals surface area (Å²) in [6.45, 7) is 9.14. The van der Waals surface area contributed by atoms with Crippen LogP contribution in [0, 0.1) is 0 Å². The minimum Gasteiger partial charge on any atom is -0.455 e. The van der Waals surface area contributed by atoms with E-state index in [0.29, 0.717) is 11.8 Å². The van der Waals surface area contributed by atoms with Crippen molar-refractivity contribution in [2.45, 2.75) is 39.5 Å². The maximum atomic E-state index is 6.96. The Morgan fingerprint density at radius 1 is 0.540 bits per heavy atom. The molecule has 9 aromatic rings. The molecule has 0 radical (unpaired) electrons. The van der Waals surface area contributed by atoms with Gasteiger partial charge < -0.3 is 4.42 Å². The van der Waals surface area contributed by atoms with Gasteiger partial charge in [0, 0.05) is 23.2 Å². The summed E-state index contributed by atoms with van der Waals surface area (Å²) in [5.41, 5.74) is 11.4. The average Bonchev–Trinajstić information content (AvgIpc) is 3.79. The molecular weight excluding hydrogens is 609 g/mol. The Hall–Kier alpha value is -5.93. The predicted octanol–water partition coefficient (Wildman–Crippen LogP) is 13.3. The number of benzene rings is 7. The molecule has 0 saturated carbocycles. The van der Waals surface area contributed by atoms with E-state index >= 15 is 0 Å². The van der Waals surface area contributed by atoms with Crippen molar-refractivity contribution in [3.8, 4) is 39.3 Å². The van der Waals surface area contributed by atoms with Gasteiger partial charge in [-0.2, -0.15) is 0 Å². The maximum absolute atomic E-state index is 6.96. The first kappa shape index (κ1) is 30.2. The first-order valence-electron chi connectivity index (χ1n) is 17.6. The van der Waals surface area contributed by atoms with E-state index in [1.54, 1.807) is 0 Å². The Morgan fingerprint density at radius 2 is 1.20 bits per heavy atom. The van der Waals surface area contributed by atoms with Crippen molar-refractivity contribution < 1.29 is 4.42 Å². The molecule has 0 fully saturated rings. The summed E-state index contributed by atoms with van der Waals surface area (Å²) in [6, 6.07) is 48.0. The fraction of sp³-hybridized carbons (Fsp3) is 0.128. The Morgan fingerprint density at radius 3 is 1.92 bits per heavy atom. The second-order valence-corrected chi connectivity index (χ2v) is 14.0. The van der Waals surface area contributed by atoms with Crippen molar-refractivity contribution in [2.24, 2.45) is 0 Å².